The van der Waals surface area contributed by atoms with Gasteiger partial charge in [-0.3, -0.25) is 9.67 Å². The molecule has 3 rings (SSSR count). The molecule has 0 radical (unpaired) electrons. The first-order valence-corrected chi connectivity index (χ1v) is 9.55. The predicted octanol–water partition coefficient (Wildman–Crippen LogP) is 4.93. The van der Waals surface area contributed by atoms with Crippen molar-refractivity contribution in [2.45, 2.75) is 39.5 Å². The van der Waals surface area contributed by atoms with Crippen LogP contribution >= 0.6 is 0 Å². The molecule has 0 aliphatic carbocycles. The van der Waals surface area contributed by atoms with E-state index in [0.29, 0.717) is 12.1 Å². The summed E-state index contributed by atoms with van der Waals surface area (Å²) in [7, 11) is 0. The highest BCUT2D eigenvalue weighted by Crippen LogP contribution is 2.32. The molecule has 0 aliphatic heterocycles. The Balaban J connectivity index is 1.79. The van der Waals surface area contributed by atoms with Crippen molar-refractivity contribution >= 4 is 0 Å². The van der Waals surface area contributed by atoms with E-state index in [9.17, 15) is 13.2 Å². The molecule has 0 saturated carbocycles. The number of halogens is 3. The lowest BCUT2D eigenvalue weighted by atomic mass is 9.97. The minimum atomic E-state index is -4.37. The normalized spacial score (nSPS) is 14.0. The van der Waals surface area contributed by atoms with E-state index in [4.69, 9.17) is 0 Å². The molecular formula is C22H25F3N4. The summed E-state index contributed by atoms with van der Waals surface area (Å²) in [6.07, 6.45) is -1.07. The number of pyridine rings is 1. The lowest BCUT2D eigenvalue weighted by Gasteiger charge is -2.23. The third-order valence-electron chi connectivity index (χ3n) is 4.85. The first kappa shape index (κ1) is 21.0. The molecule has 4 nitrogen and oxygen atoms in total. The zero-order chi connectivity index (χ0) is 21.0. The van der Waals surface area contributed by atoms with Gasteiger partial charge in [0.15, 0.2) is 0 Å². The standard InChI is InChI=1S/C22H25F3N4/c1-15(14-29-17(3)11-16(2)28-29)13-27-21(18-7-9-26-10-8-18)19-5-4-6-20(12-19)22(23,24)25/h4-12,15,21,27H,13-14H2,1-3H3. The summed E-state index contributed by atoms with van der Waals surface area (Å²) in [5.41, 5.74) is 2.87. The summed E-state index contributed by atoms with van der Waals surface area (Å²) < 4.78 is 41.5. The van der Waals surface area contributed by atoms with E-state index in [2.05, 4.69) is 22.3 Å². The highest BCUT2D eigenvalue weighted by atomic mass is 19.4. The highest BCUT2D eigenvalue weighted by molar-refractivity contribution is 5.34. The Kier molecular flexibility index (Phi) is 6.37. The first-order chi connectivity index (χ1) is 13.7. The van der Waals surface area contributed by atoms with Gasteiger partial charge in [-0.1, -0.05) is 19.1 Å². The van der Waals surface area contributed by atoms with Gasteiger partial charge in [-0.25, -0.2) is 0 Å². The summed E-state index contributed by atoms with van der Waals surface area (Å²) in [5.74, 6) is 0.239. The van der Waals surface area contributed by atoms with E-state index in [1.807, 2.05) is 36.7 Å². The second-order valence-electron chi connectivity index (χ2n) is 7.46. The van der Waals surface area contributed by atoms with E-state index in [0.717, 1.165) is 29.6 Å². The fraction of sp³-hybridized carbons (Fsp3) is 0.364. The monoisotopic (exact) mass is 402 g/mol. The van der Waals surface area contributed by atoms with Crippen molar-refractivity contribution in [2.24, 2.45) is 5.92 Å². The fourth-order valence-electron chi connectivity index (χ4n) is 3.42. The highest BCUT2D eigenvalue weighted by Gasteiger charge is 2.31. The van der Waals surface area contributed by atoms with Crippen molar-refractivity contribution in [2.75, 3.05) is 6.54 Å². The molecule has 0 amide bonds. The van der Waals surface area contributed by atoms with E-state index in [-0.39, 0.29) is 12.0 Å². The molecule has 2 unspecified atom stereocenters. The van der Waals surface area contributed by atoms with Gasteiger partial charge >= 0.3 is 6.18 Å². The van der Waals surface area contributed by atoms with Gasteiger partial charge in [0.25, 0.3) is 0 Å². The van der Waals surface area contributed by atoms with Crippen LogP contribution in [0.5, 0.6) is 0 Å². The van der Waals surface area contributed by atoms with E-state index in [1.165, 1.54) is 12.1 Å². The molecule has 0 fully saturated rings. The minimum Gasteiger partial charge on any atom is -0.306 e. The van der Waals surface area contributed by atoms with Crippen molar-refractivity contribution in [3.05, 3.63) is 82.9 Å². The smallest absolute Gasteiger partial charge is 0.306 e. The number of nitrogens with zero attached hydrogens (tertiary/aromatic N) is 3. The molecular weight excluding hydrogens is 377 g/mol. The van der Waals surface area contributed by atoms with Crippen molar-refractivity contribution in [1.29, 1.82) is 0 Å². The molecule has 154 valence electrons. The molecule has 0 saturated heterocycles. The summed E-state index contributed by atoms with van der Waals surface area (Å²) in [6, 6.07) is 10.8. The number of hydrogen-bond acceptors (Lipinski definition) is 3. The third-order valence-corrected chi connectivity index (χ3v) is 4.85. The number of hydrogen-bond donors (Lipinski definition) is 1. The van der Waals surface area contributed by atoms with Crippen LogP contribution in [0, 0.1) is 19.8 Å². The molecule has 1 aromatic carbocycles. The van der Waals surface area contributed by atoms with Gasteiger partial charge < -0.3 is 5.32 Å². The minimum absolute atomic E-state index is 0.239. The van der Waals surface area contributed by atoms with Gasteiger partial charge in [0, 0.05) is 31.2 Å². The summed E-state index contributed by atoms with van der Waals surface area (Å²) >= 11 is 0. The van der Waals surface area contributed by atoms with Crippen molar-refractivity contribution in [3.8, 4) is 0 Å². The zero-order valence-electron chi connectivity index (χ0n) is 16.7. The Morgan fingerprint density at radius 1 is 1.03 bits per heavy atom. The van der Waals surface area contributed by atoms with Gasteiger partial charge in [0.1, 0.15) is 0 Å². The lowest BCUT2D eigenvalue weighted by molar-refractivity contribution is -0.137. The number of nitrogens with one attached hydrogen (secondary N) is 1. The molecule has 7 heteroatoms. The van der Waals surface area contributed by atoms with Crippen LogP contribution in [0.15, 0.2) is 54.9 Å². The van der Waals surface area contributed by atoms with Crippen LogP contribution in [0.25, 0.3) is 0 Å². The topological polar surface area (TPSA) is 42.7 Å². The molecule has 2 atom stereocenters. The molecule has 29 heavy (non-hydrogen) atoms. The van der Waals surface area contributed by atoms with Gasteiger partial charge in [0.05, 0.1) is 17.3 Å². The summed E-state index contributed by atoms with van der Waals surface area (Å²) in [4.78, 5) is 4.02. The average molecular weight is 402 g/mol. The first-order valence-electron chi connectivity index (χ1n) is 9.55. The Bertz CT molecular complexity index is 935. The maximum absolute atomic E-state index is 13.2. The maximum Gasteiger partial charge on any atom is 0.416 e. The molecule has 0 aliphatic rings. The zero-order valence-corrected chi connectivity index (χ0v) is 16.7. The van der Waals surface area contributed by atoms with Crippen LogP contribution in [-0.4, -0.2) is 21.3 Å². The van der Waals surface area contributed by atoms with Crippen LogP contribution in [-0.2, 0) is 12.7 Å². The summed E-state index contributed by atoms with van der Waals surface area (Å²) in [5, 5.41) is 7.93. The van der Waals surface area contributed by atoms with E-state index < -0.39 is 11.7 Å². The van der Waals surface area contributed by atoms with Crippen molar-refractivity contribution < 1.29 is 13.2 Å². The Morgan fingerprint density at radius 3 is 2.38 bits per heavy atom. The second-order valence-corrected chi connectivity index (χ2v) is 7.46. The largest absolute Gasteiger partial charge is 0.416 e. The van der Waals surface area contributed by atoms with Crippen LogP contribution in [0.2, 0.25) is 0 Å². The molecule has 2 heterocycles. The van der Waals surface area contributed by atoms with Gasteiger partial charge in [0.2, 0.25) is 0 Å². The predicted molar refractivity (Wildman–Crippen MR) is 106 cm³/mol. The second kappa shape index (κ2) is 8.78. The fourth-order valence-corrected chi connectivity index (χ4v) is 3.42. The molecule has 2 aromatic heterocycles. The molecule has 0 spiro atoms. The van der Waals surface area contributed by atoms with Gasteiger partial charge in [-0.05, 0) is 61.2 Å². The van der Waals surface area contributed by atoms with E-state index >= 15 is 0 Å². The number of benzene rings is 1. The van der Waals surface area contributed by atoms with Crippen molar-refractivity contribution in [3.63, 3.8) is 0 Å². The van der Waals surface area contributed by atoms with Gasteiger partial charge in [-0.15, -0.1) is 0 Å². The number of rotatable bonds is 7. The maximum atomic E-state index is 13.2. The quantitative estimate of drug-likeness (QED) is 0.609. The van der Waals surface area contributed by atoms with Crippen LogP contribution in [0.1, 0.15) is 41.0 Å². The Hall–Kier alpha value is -2.67. The third kappa shape index (κ3) is 5.44. The number of alkyl halides is 3. The van der Waals surface area contributed by atoms with Crippen LogP contribution in [0.4, 0.5) is 13.2 Å². The Labute approximate surface area is 168 Å². The average Bonchev–Trinajstić information content (AvgIpc) is 2.99. The number of aromatic nitrogens is 3. The Morgan fingerprint density at radius 2 is 1.76 bits per heavy atom. The van der Waals surface area contributed by atoms with Crippen LogP contribution < -0.4 is 5.32 Å². The van der Waals surface area contributed by atoms with Crippen LogP contribution in [0.3, 0.4) is 0 Å². The number of aryl methyl sites for hydroxylation is 2. The molecule has 3 aromatic rings. The lowest BCUT2D eigenvalue weighted by Crippen LogP contribution is -2.29. The summed E-state index contributed by atoms with van der Waals surface area (Å²) in [6.45, 7) is 7.43. The van der Waals surface area contributed by atoms with Crippen molar-refractivity contribution in [1.82, 2.24) is 20.1 Å². The van der Waals surface area contributed by atoms with Gasteiger partial charge in [-0.2, -0.15) is 18.3 Å². The SMILES string of the molecule is Cc1cc(C)n(CC(C)CNC(c2ccncc2)c2cccc(C(F)(F)F)c2)n1. The molecule has 1 N–H and O–H groups in total. The molecule has 0 bridgehead atoms. The van der Waals surface area contributed by atoms with E-state index in [1.54, 1.807) is 18.5 Å².